The molecule has 35 heavy (non-hydrogen) atoms. The molecule has 1 unspecified atom stereocenters. The lowest BCUT2D eigenvalue weighted by atomic mass is 10.0. The van der Waals surface area contributed by atoms with Gasteiger partial charge in [0, 0.05) is 41.3 Å². The number of anilines is 1. The monoisotopic (exact) mass is 498 g/mol. The van der Waals surface area contributed by atoms with Crippen molar-refractivity contribution in [3.63, 3.8) is 0 Å². The number of thiophene rings is 1. The number of likely N-dealkylation sites (tertiary alicyclic amines) is 1. The van der Waals surface area contributed by atoms with Crippen LogP contribution in [0.2, 0.25) is 0 Å². The van der Waals surface area contributed by atoms with Gasteiger partial charge in [-0.25, -0.2) is 9.97 Å². The number of aromatic amines is 1. The number of rotatable bonds is 5. The van der Waals surface area contributed by atoms with Gasteiger partial charge in [-0.2, -0.15) is 18.4 Å². The SMILES string of the molecule is Cc1c(CN2CCC(Nc3ncnc4sc(CC(F)(F)F)cc34)CC2=O)ccc2[nH]c(C#N)cc12. The molecule has 0 radical (unpaired) electrons. The number of nitrogens with zero attached hydrogens (tertiary/aromatic N) is 4. The molecule has 3 aromatic heterocycles. The van der Waals surface area contributed by atoms with Crippen molar-refractivity contribution < 1.29 is 18.0 Å². The zero-order valence-corrected chi connectivity index (χ0v) is 19.6. The molecule has 1 amide bonds. The molecule has 180 valence electrons. The summed E-state index contributed by atoms with van der Waals surface area (Å²) in [5.74, 6) is 0.446. The molecule has 1 atom stereocenters. The number of alkyl halides is 3. The summed E-state index contributed by atoms with van der Waals surface area (Å²) in [6.07, 6.45) is -3.03. The van der Waals surface area contributed by atoms with E-state index in [1.165, 1.54) is 12.4 Å². The number of halogens is 3. The molecule has 5 rings (SSSR count). The average Bonchev–Trinajstić information content (AvgIpc) is 3.40. The number of nitriles is 1. The summed E-state index contributed by atoms with van der Waals surface area (Å²) < 4.78 is 38.4. The number of benzene rings is 1. The highest BCUT2D eigenvalue weighted by Gasteiger charge is 2.30. The van der Waals surface area contributed by atoms with Crippen LogP contribution in [0.3, 0.4) is 0 Å². The van der Waals surface area contributed by atoms with Crippen LogP contribution in [0.5, 0.6) is 0 Å². The lowest BCUT2D eigenvalue weighted by molar-refractivity contribution is -0.134. The Morgan fingerprint density at radius 3 is 2.86 bits per heavy atom. The number of amides is 1. The summed E-state index contributed by atoms with van der Waals surface area (Å²) in [4.78, 5) is 26.8. The molecule has 4 heterocycles. The topological polar surface area (TPSA) is 97.7 Å². The van der Waals surface area contributed by atoms with E-state index in [1.54, 1.807) is 0 Å². The minimum absolute atomic E-state index is 0.00610. The molecule has 7 nitrogen and oxygen atoms in total. The zero-order valence-electron chi connectivity index (χ0n) is 18.7. The van der Waals surface area contributed by atoms with Crippen molar-refractivity contribution in [2.45, 2.75) is 44.9 Å². The maximum atomic E-state index is 12.9. The van der Waals surface area contributed by atoms with Crippen LogP contribution in [0.1, 0.15) is 34.5 Å². The highest BCUT2D eigenvalue weighted by molar-refractivity contribution is 7.18. The summed E-state index contributed by atoms with van der Waals surface area (Å²) in [5.41, 5.74) is 3.44. The van der Waals surface area contributed by atoms with E-state index in [9.17, 15) is 18.0 Å². The molecule has 1 aromatic carbocycles. The largest absolute Gasteiger partial charge is 0.393 e. The van der Waals surface area contributed by atoms with Crippen molar-refractivity contribution in [3.05, 3.63) is 52.3 Å². The number of aryl methyl sites for hydroxylation is 1. The summed E-state index contributed by atoms with van der Waals surface area (Å²) in [6, 6.07) is 9.13. The van der Waals surface area contributed by atoms with Gasteiger partial charge in [0.25, 0.3) is 0 Å². The first-order chi connectivity index (χ1) is 16.7. The van der Waals surface area contributed by atoms with Crippen LogP contribution in [-0.2, 0) is 17.8 Å². The Hall–Kier alpha value is -3.65. The van der Waals surface area contributed by atoms with Gasteiger partial charge < -0.3 is 15.2 Å². The lowest BCUT2D eigenvalue weighted by Gasteiger charge is -2.33. The van der Waals surface area contributed by atoms with Gasteiger partial charge in [0.1, 0.15) is 28.7 Å². The molecule has 4 aromatic rings. The number of carbonyl (C=O) groups is 1. The fourth-order valence-electron chi connectivity index (χ4n) is 4.50. The minimum Gasteiger partial charge on any atom is -0.366 e. The summed E-state index contributed by atoms with van der Waals surface area (Å²) in [7, 11) is 0. The maximum absolute atomic E-state index is 12.9. The Balaban J connectivity index is 1.27. The molecular weight excluding hydrogens is 477 g/mol. The predicted molar refractivity (Wildman–Crippen MR) is 127 cm³/mol. The third-order valence-electron chi connectivity index (χ3n) is 6.28. The van der Waals surface area contributed by atoms with Gasteiger partial charge in [-0.1, -0.05) is 6.07 Å². The number of aromatic nitrogens is 3. The van der Waals surface area contributed by atoms with Crippen LogP contribution >= 0.6 is 11.3 Å². The molecule has 1 aliphatic rings. The van der Waals surface area contributed by atoms with Crippen molar-refractivity contribution in [2.75, 3.05) is 11.9 Å². The third-order valence-corrected chi connectivity index (χ3v) is 7.33. The van der Waals surface area contributed by atoms with E-state index in [0.717, 1.165) is 33.4 Å². The van der Waals surface area contributed by atoms with E-state index in [-0.39, 0.29) is 23.2 Å². The molecule has 0 saturated carbocycles. The van der Waals surface area contributed by atoms with E-state index in [4.69, 9.17) is 5.26 Å². The molecule has 11 heteroatoms. The molecular formula is C24H21F3N6OS. The standard InChI is InChI=1S/C24H21F3N6OS/c1-13-14(2-3-20-18(13)6-16(10-28)31-20)11-33-5-4-15(7-21(33)34)32-22-19-8-17(9-24(25,26)27)35-23(19)30-12-29-22/h2-3,6,8,12,15,31H,4-5,7,9,11H2,1H3,(H,29,30,32). The minimum atomic E-state index is -4.29. The molecule has 1 saturated heterocycles. The Morgan fingerprint density at radius 2 is 2.11 bits per heavy atom. The van der Waals surface area contributed by atoms with Crippen LogP contribution in [0, 0.1) is 18.3 Å². The number of hydrogen-bond acceptors (Lipinski definition) is 6. The van der Waals surface area contributed by atoms with E-state index in [1.807, 2.05) is 30.0 Å². The fraction of sp³-hybridized carbons (Fsp3) is 0.333. The Morgan fingerprint density at radius 1 is 1.29 bits per heavy atom. The summed E-state index contributed by atoms with van der Waals surface area (Å²) >= 11 is 1.00. The first kappa shape index (κ1) is 23.1. The first-order valence-electron chi connectivity index (χ1n) is 11.1. The van der Waals surface area contributed by atoms with Crippen molar-refractivity contribution in [1.29, 1.82) is 5.26 Å². The Kier molecular flexibility index (Phi) is 5.84. The second-order valence-corrected chi connectivity index (χ2v) is 9.82. The third kappa shape index (κ3) is 4.79. The summed E-state index contributed by atoms with van der Waals surface area (Å²) in [5, 5.41) is 13.9. The van der Waals surface area contributed by atoms with Crippen LogP contribution in [0.25, 0.3) is 21.1 Å². The van der Waals surface area contributed by atoms with Gasteiger partial charge in [-0.3, -0.25) is 4.79 Å². The number of hydrogen-bond donors (Lipinski definition) is 2. The van der Waals surface area contributed by atoms with Crippen molar-refractivity contribution in [1.82, 2.24) is 19.9 Å². The van der Waals surface area contributed by atoms with Crippen LogP contribution in [0.15, 0.2) is 30.6 Å². The molecule has 0 bridgehead atoms. The normalized spacial score (nSPS) is 16.7. The van der Waals surface area contributed by atoms with Crippen molar-refractivity contribution in [2.24, 2.45) is 0 Å². The second kappa shape index (κ2) is 8.85. The highest BCUT2D eigenvalue weighted by Crippen LogP contribution is 2.33. The zero-order chi connectivity index (χ0) is 24.7. The van der Waals surface area contributed by atoms with Crippen molar-refractivity contribution in [3.8, 4) is 6.07 Å². The van der Waals surface area contributed by atoms with Gasteiger partial charge in [0.2, 0.25) is 5.91 Å². The fourth-order valence-corrected chi connectivity index (χ4v) is 5.52. The van der Waals surface area contributed by atoms with Gasteiger partial charge in [0.15, 0.2) is 0 Å². The number of fused-ring (bicyclic) bond motifs is 2. The van der Waals surface area contributed by atoms with Crippen LogP contribution in [-0.4, -0.2) is 44.5 Å². The van der Waals surface area contributed by atoms with Gasteiger partial charge in [0.05, 0.1) is 11.8 Å². The number of H-pyrrole nitrogens is 1. The predicted octanol–water partition coefficient (Wildman–Crippen LogP) is 5.06. The maximum Gasteiger partial charge on any atom is 0.393 e. The quantitative estimate of drug-likeness (QED) is 0.401. The molecule has 1 aliphatic heterocycles. The smallest absolute Gasteiger partial charge is 0.366 e. The molecule has 0 aliphatic carbocycles. The van der Waals surface area contributed by atoms with Gasteiger partial charge in [-0.15, -0.1) is 11.3 Å². The van der Waals surface area contributed by atoms with Gasteiger partial charge >= 0.3 is 6.18 Å². The summed E-state index contributed by atoms with van der Waals surface area (Å²) in [6.45, 7) is 3.00. The number of carbonyl (C=O) groups excluding carboxylic acids is 1. The van der Waals surface area contributed by atoms with Crippen molar-refractivity contribution >= 4 is 44.2 Å². The van der Waals surface area contributed by atoms with Crippen LogP contribution in [0.4, 0.5) is 19.0 Å². The van der Waals surface area contributed by atoms with E-state index in [0.29, 0.717) is 41.2 Å². The first-order valence-corrected chi connectivity index (χ1v) is 11.9. The van der Waals surface area contributed by atoms with E-state index >= 15 is 0 Å². The highest BCUT2D eigenvalue weighted by atomic mass is 32.1. The van der Waals surface area contributed by atoms with Crippen LogP contribution < -0.4 is 5.32 Å². The second-order valence-electron chi connectivity index (χ2n) is 8.70. The molecule has 0 spiro atoms. The Labute approximate surface area is 202 Å². The number of piperidine rings is 1. The number of nitrogens with one attached hydrogen (secondary N) is 2. The molecule has 2 N–H and O–H groups in total. The average molecular weight is 499 g/mol. The lowest BCUT2D eigenvalue weighted by Crippen LogP contribution is -2.43. The van der Waals surface area contributed by atoms with E-state index in [2.05, 4.69) is 26.3 Å². The van der Waals surface area contributed by atoms with Gasteiger partial charge in [-0.05, 0) is 42.7 Å². The van der Waals surface area contributed by atoms with E-state index < -0.39 is 12.6 Å². The molecule has 1 fully saturated rings. The Bertz CT molecular complexity index is 1470.